The normalized spacial score (nSPS) is 30.7. The first kappa shape index (κ1) is 15.5. The van der Waals surface area contributed by atoms with Crippen molar-refractivity contribution in [1.82, 2.24) is 24.6 Å². The molecular weight excluding hydrogens is 288 g/mol. The van der Waals surface area contributed by atoms with E-state index in [2.05, 4.69) is 31.6 Å². The molecule has 3 fully saturated rings. The summed E-state index contributed by atoms with van der Waals surface area (Å²) in [5.41, 5.74) is 5.91. The van der Waals surface area contributed by atoms with E-state index in [0.29, 0.717) is 12.0 Å². The van der Waals surface area contributed by atoms with Crippen LogP contribution in [-0.4, -0.2) is 62.8 Å². The predicted octanol–water partition coefficient (Wildman–Crippen LogP) is 1.08. The van der Waals surface area contributed by atoms with Gasteiger partial charge in [-0.15, -0.1) is 10.2 Å². The highest BCUT2D eigenvalue weighted by Gasteiger charge is 2.32. The molecule has 1 aromatic heterocycles. The molecule has 2 N–H and O–H groups in total. The molecule has 1 aromatic rings. The predicted molar refractivity (Wildman–Crippen MR) is 90.1 cm³/mol. The van der Waals surface area contributed by atoms with Gasteiger partial charge in [0.15, 0.2) is 0 Å². The van der Waals surface area contributed by atoms with Crippen molar-refractivity contribution in [3.63, 3.8) is 0 Å². The van der Waals surface area contributed by atoms with Crippen molar-refractivity contribution < 1.29 is 0 Å². The third-order valence-corrected chi connectivity index (χ3v) is 6.12. The molecule has 0 amide bonds. The number of likely N-dealkylation sites (tertiary alicyclic amines) is 2. The van der Waals surface area contributed by atoms with Crippen molar-refractivity contribution >= 4 is 0 Å². The number of hydrogen-bond acceptors (Lipinski definition) is 5. The maximum absolute atomic E-state index is 5.91. The lowest BCUT2D eigenvalue weighted by molar-refractivity contribution is 0.120. The van der Waals surface area contributed by atoms with E-state index in [4.69, 9.17) is 5.73 Å². The van der Waals surface area contributed by atoms with Crippen LogP contribution >= 0.6 is 0 Å². The minimum absolute atomic E-state index is 0.366. The molecule has 23 heavy (non-hydrogen) atoms. The highest BCUT2D eigenvalue weighted by atomic mass is 15.3. The average Bonchev–Trinajstić information content (AvgIpc) is 3.17. The monoisotopic (exact) mass is 318 g/mol. The molecular formula is C17H30N6. The molecule has 0 atom stereocenters. The van der Waals surface area contributed by atoms with Crippen molar-refractivity contribution in [1.29, 1.82) is 0 Å². The van der Waals surface area contributed by atoms with Gasteiger partial charge in [0, 0.05) is 38.1 Å². The summed E-state index contributed by atoms with van der Waals surface area (Å²) in [6.45, 7) is 5.96. The zero-order valence-corrected chi connectivity index (χ0v) is 14.3. The summed E-state index contributed by atoms with van der Waals surface area (Å²) in [5, 5.41) is 8.89. The zero-order valence-electron chi connectivity index (χ0n) is 14.3. The van der Waals surface area contributed by atoms with Crippen molar-refractivity contribution in [2.45, 2.75) is 63.1 Å². The summed E-state index contributed by atoms with van der Waals surface area (Å²) in [6, 6.07) is 1.19. The van der Waals surface area contributed by atoms with Crippen LogP contribution in [0.3, 0.4) is 0 Å². The maximum Gasteiger partial charge on any atom is 0.146 e. The first-order valence-electron chi connectivity index (χ1n) is 9.31. The minimum atomic E-state index is 0.366. The first-order chi connectivity index (χ1) is 11.2. The van der Waals surface area contributed by atoms with Crippen molar-refractivity contribution in [3.8, 4) is 0 Å². The van der Waals surface area contributed by atoms with Gasteiger partial charge in [-0.2, -0.15) is 0 Å². The Morgan fingerprint density at radius 2 is 1.74 bits per heavy atom. The molecule has 2 saturated heterocycles. The summed E-state index contributed by atoms with van der Waals surface area (Å²) in [6.07, 6.45) is 7.53. The highest BCUT2D eigenvalue weighted by Crippen LogP contribution is 2.34. The Labute approximate surface area is 139 Å². The van der Waals surface area contributed by atoms with E-state index in [1.807, 2.05) is 0 Å². The second-order valence-corrected chi connectivity index (χ2v) is 7.71. The second kappa shape index (κ2) is 6.49. The van der Waals surface area contributed by atoms with E-state index in [9.17, 15) is 0 Å². The van der Waals surface area contributed by atoms with Gasteiger partial charge in [-0.05, 0) is 51.6 Å². The van der Waals surface area contributed by atoms with Gasteiger partial charge < -0.3 is 15.2 Å². The van der Waals surface area contributed by atoms with E-state index in [-0.39, 0.29) is 0 Å². The van der Waals surface area contributed by atoms with Crippen LogP contribution in [0.2, 0.25) is 0 Å². The highest BCUT2D eigenvalue weighted by molar-refractivity contribution is 5.08. The zero-order chi connectivity index (χ0) is 15.8. The molecule has 0 unspecified atom stereocenters. The van der Waals surface area contributed by atoms with E-state index in [1.165, 1.54) is 51.9 Å². The third-order valence-electron chi connectivity index (χ3n) is 6.12. The number of rotatable bonds is 4. The van der Waals surface area contributed by atoms with Crippen molar-refractivity contribution in [2.75, 3.05) is 26.2 Å². The fourth-order valence-electron chi connectivity index (χ4n) is 4.49. The molecule has 0 aromatic carbocycles. The van der Waals surface area contributed by atoms with Gasteiger partial charge in [0.05, 0.1) is 6.54 Å². The van der Waals surface area contributed by atoms with Crippen LogP contribution in [0.25, 0.3) is 0 Å². The molecule has 3 aliphatic rings. The molecule has 1 saturated carbocycles. The fraction of sp³-hybridized carbons (Fsp3) is 0.882. The van der Waals surface area contributed by atoms with Crippen molar-refractivity contribution in [3.05, 3.63) is 11.6 Å². The lowest BCUT2D eigenvalue weighted by Crippen LogP contribution is -2.43. The van der Waals surface area contributed by atoms with E-state index in [0.717, 1.165) is 37.1 Å². The standard InChI is InChI=1S/C17H30N6/c1-21-16(19-20-17(21)13-10-14(18)11-13)12-22-8-4-15(5-9-22)23-6-2-3-7-23/h13-15H,2-12,18H2,1H3. The van der Waals surface area contributed by atoms with Crippen LogP contribution in [0.1, 0.15) is 56.1 Å². The van der Waals surface area contributed by atoms with Crippen LogP contribution in [0.4, 0.5) is 0 Å². The summed E-state index contributed by atoms with van der Waals surface area (Å²) >= 11 is 0. The minimum Gasteiger partial charge on any atom is -0.328 e. The fourth-order valence-corrected chi connectivity index (χ4v) is 4.49. The molecule has 4 rings (SSSR count). The largest absolute Gasteiger partial charge is 0.328 e. The number of aromatic nitrogens is 3. The van der Waals surface area contributed by atoms with Gasteiger partial charge in [0.1, 0.15) is 11.6 Å². The maximum atomic E-state index is 5.91. The SMILES string of the molecule is Cn1c(CN2CCC(N3CCCC3)CC2)nnc1C1CC(N)C1. The number of piperidine rings is 1. The average molecular weight is 318 g/mol. The van der Waals surface area contributed by atoms with Gasteiger partial charge in [0.25, 0.3) is 0 Å². The quantitative estimate of drug-likeness (QED) is 0.900. The Morgan fingerprint density at radius 1 is 1.04 bits per heavy atom. The van der Waals surface area contributed by atoms with Crippen LogP contribution in [-0.2, 0) is 13.6 Å². The third kappa shape index (κ3) is 3.16. The lowest BCUT2D eigenvalue weighted by atomic mass is 9.80. The molecule has 2 aliphatic heterocycles. The van der Waals surface area contributed by atoms with Crippen LogP contribution in [0.5, 0.6) is 0 Å². The Kier molecular flexibility index (Phi) is 4.39. The van der Waals surface area contributed by atoms with Gasteiger partial charge in [-0.25, -0.2) is 0 Å². The van der Waals surface area contributed by atoms with Gasteiger partial charge in [-0.3, -0.25) is 4.90 Å². The van der Waals surface area contributed by atoms with Gasteiger partial charge in [0.2, 0.25) is 0 Å². The van der Waals surface area contributed by atoms with E-state index < -0.39 is 0 Å². The Balaban J connectivity index is 1.31. The number of nitrogens with two attached hydrogens (primary N) is 1. The molecule has 128 valence electrons. The van der Waals surface area contributed by atoms with E-state index >= 15 is 0 Å². The van der Waals surface area contributed by atoms with E-state index in [1.54, 1.807) is 0 Å². The molecule has 1 aliphatic carbocycles. The summed E-state index contributed by atoms with van der Waals surface area (Å²) in [5.74, 6) is 2.77. The van der Waals surface area contributed by atoms with Crippen LogP contribution in [0.15, 0.2) is 0 Å². The molecule has 3 heterocycles. The smallest absolute Gasteiger partial charge is 0.146 e. The summed E-state index contributed by atoms with van der Waals surface area (Å²) < 4.78 is 2.21. The van der Waals surface area contributed by atoms with Crippen LogP contribution in [0, 0.1) is 0 Å². The molecule has 6 nitrogen and oxygen atoms in total. The number of hydrogen-bond donors (Lipinski definition) is 1. The van der Waals surface area contributed by atoms with Gasteiger partial charge in [-0.1, -0.05) is 0 Å². The van der Waals surface area contributed by atoms with Crippen LogP contribution < -0.4 is 5.73 Å². The molecule has 6 heteroatoms. The Bertz CT molecular complexity index is 521. The lowest BCUT2D eigenvalue weighted by Gasteiger charge is -2.36. The number of nitrogens with zero attached hydrogens (tertiary/aromatic N) is 5. The van der Waals surface area contributed by atoms with Crippen molar-refractivity contribution in [2.24, 2.45) is 12.8 Å². The molecule has 0 bridgehead atoms. The Morgan fingerprint density at radius 3 is 2.39 bits per heavy atom. The first-order valence-corrected chi connectivity index (χ1v) is 9.31. The second-order valence-electron chi connectivity index (χ2n) is 7.71. The summed E-state index contributed by atoms with van der Waals surface area (Å²) in [4.78, 5) is 5.25. The summed E-state index contributed by atoms with van der Waals surface area (Å²) in [7, 11) is 2.12. The Hall–Kier alpha value is -0.980. The topological polar surface area (TPSA) is 63.2 Å². The molecule has 0 spiro atoms. The molecule has 0 radical (unpaired) electrons. The van der Waals surface area contributed by atoms with Gasteiger partial charge >= 0.3 is 0 Å².